The maximum Gasteiger partial charge on any atom is 0.317 e. The molecular weight excluding hydrogens is 292 g/mol. The van der Waals surface area contributed by atoms with Crippen molar-refractivity contribution in [2.75, 3.05) is 39.8 Å². The first-order valence-electron chi connectivity index (χ1n) is 9.00. The van der Waals surface area contributed by atoms with Crippen molar-refractivity contribution in [1.29, 1.82) is 0 Å². The molecule has 0 aliphatic carbocycles. The van der Waals surface area contributed by atoms with Crippen molar-refractivity contribution in [3.05, 3.63) is 0 Å². The number of likely N-dealkylation sites (tertiary alicyclic amines) is 2. The van der Waals surface area contributed by atoms with Crippen LogP contribution < -0.4 is 10.6 Å². The molecule has 3 amide bonds. The van der Waals surface area contributed by atoms with Gasteiger partial charge < -0.3 is 20.4 Å². The molecule has 0 aromatic rings. The highest BCUT2D eigenvalue weighted by Gasteiger charge is 2.32. The Labute approximate surface area is 140 Å². The average molecular weight is 324 g/mol. The van der Waals surface area contributed by atoms with E-state index in [1.54, 1.807) is 0 Å². The third kappa shape index (κ3) is 5.09. The predicted octanol–water partition coefficient (Wildman–Crippen LogP) is 1.27. The van der Waals surface area contributed by atoms with Crippen LogP contribution in [0.15, 0.2) is 0 Å². The molecule has 0 aromatic heterocycles. The molecule has 2 heterocycles. The molecule has 2 aliphatic rings. The summed E-state index contributed by atoms with van der Waals surface area (Å²) in [7, 11) is 1.98. The first kappa shape index (κ1) is 18.0. The van der Waals surface area contributed by atoms with Gasteiger partial charge in [-0.1, -0.05) is 13.8 Å². The highest BCUT2D eigenvalue weighted by Crippen LogP contribution is 2.21. The van der Waals surface area contributed by atoms with Gasteiger partial charge in [-0.25, -0.2) is 4.79 Å². The zero-order valence-corrected chi connectivity index (χ0v) is 14.8. The Balaban J connectivity index is 1.83. The second kappa shape index (κ2) is 8.52. The molecule has 2 saturated heterocycles. The molecule has 1 unspecified atom stereocenters. The van der Waals surface area contributed by atoms with Crippen LogP contribution in [-0.2, 0) is 4.79 Å². The lowest BCUT2D eigenvalue weighted by molar-refractivity contribution is -0.138. The summed E-state index contributed by atoms with van der Waals surface area (Å²) in [5.74, 6) is 0.648. The van der Waals surface area contributed by atoms with Gasteiger partial charge in [0.1, 0.15) is 0 Å². The second-order valence-corrected chi connectivity index (χ2v) is 7.25. The van der Waals surface area contributed by atoms with Crippen LogP contribution >= 0.6 is 0 Å². The lowest BCUT2D eigenvalue weighted by Gasteiger charge is -2.37. The van der Waals surface area contributed by atoms with E-state index in [0.717, 1.165) is 45.3 Å². The molecule has 2 N–H and O–H groups in total. The molecule has 23 heavy (non-hydrogen) atoms. The van der Waals surface area contributed by atoms with Crippen molar-refractivity contribution in [1.82, 2.24) is 20.4 Å². The highest BCUT2D eigenvalue weighted by molar-refractivity contribution is 5.81. The summed E-state index contributed by atoms with van der Waals surface area (Å²) in [5, 5.41) is 6.25. The Morgan fingerprint density at radius 2 is 1.78 bits per heavy atom. The van der Waals surface area contributed by atoms with E-state index in [1.807, 2.05) is 16.8 Å². The average Bonchev–Trinajstić information content (AvgIpc) is 2.59. The molecule has 0 radical (unpaired) electrons. The Hall–Kier alpha value is -1.30. The van der Waals surface area contributed by atoms with Crippen molar-refractivity contribution in [3.63, 3.8) is 0 Å². The molecule has 2 fully saturated rings. The van der Waals surface area contributed by atoms with Crippen molar-refractivity contribution < 1.29 is 9.59 Å². The minimum atomic E-state index is -0.0281. The minimum Gasteiger partial charge on any atom is -0.342 e. The number of carbonyl (C=O) groups is 2. The fourth-order valence-electron chi connectivity index (χ4n) is 3.41. The number of hydrogen-bond acceptors (Lipinski definition) is 3. The topological polar surface area (TPSA) is 64.7 Å². The summed E-state index contributed by atoms with van der Waals surface area (Å²) in [6.07, 6.45) is 3.86. The Bertz CT molecular complexity index is 405. The van der Waals surface area contributed by atoms with Gasteiger partial charge in [-0.3, -0.25) is 4.79 Å². The Morgan fingerprint density at radius 3 is 2.39 bits per heavy atom. The zero-order valence-electron chi connectivity index (χ0n) is 14.8. The van der Waals surface area contributed by atoms with Gasteiger partial charge in [-0.05, 0) is 38.6 Å². The van der Waals surface area contributed by atoms with E-state index in [1.165, 1.54) is 0 Å². The number of nitrogens with one attached hydrogen (secondary N) is 2. The quantitative estimate of drug-likeness (QED) is 0.819. The van der Waals surface area contributed by atoms with Crippen molar-refractivity contribution >= 4 is 11.9 Å². The molecule has 0 spiro atoms. The molecule has 0 saturated carbocycles. The minimum absolute atomic E-state index is 0.0231. The first-order chi connectivity index (χ1) is 11.0. The summed E-state index contributed by atoms with van der Waals surface area (Å²) < 4.78 is 0. The molecule has 2 aliphatic heterocycles. The standard InChI is InChI=1S/C17H32N4O2/c1-13(2)11-19-17(23)21-8-4-5-14(12-21)16(22)20-9-6-15(18-3)7-10-20/h13-15,18H,4-12H2,1-3H3,(H,19,23). The molecule has 6 nitrogen and oxygen atoms in total. The summed E-state index contributed by atoms with van der Waals surface area (Å²) in [6.45, 7) is 7.84. The SMILES string of the molecule is CNC1CCN(C(=O)C2CCCN(C(=O)NCC(C)C)C2)CC1. The normalized spacial score (nSPS) is 23.2. The van der Waals surface area contributed by atoms with Crippen LogP contribution in [0.25, 0.3) is 0 Å². The van der Waals surface area contributed by atoms with Gasteiger partial charge in [0.2, 0.25) is 5.91 Å². The van der Waals surface area contributed by atoms with Crippen LogP contribution in [0.2, 0.25) is 0 Å². The van der Waals surface area contributed by atoms with E-state index >= 15 is 0 Å². The van der Waals surface area contributed by atoms with Gasteiger partial charge in [0.25, 0.3) is 0 Å². The first-order valence-corrected chi connectivity index (χ1v) is 9.00. The molecule has 0 aromatic carbocycles. The van der Waals surface area contributed by atoms with Crippen LogP contribution in [-0.4, -0.2) is 67.6 Å². The van der Waals surface area contributed by atoms with Gasteiger partial charge in [0.15, 0.2) is 0 Å². The van der Waals surface area contributed by atoms with Gasteiger partial charge in [-0.2, -0.15) is 0 Å². The molecule has 132 valence electrons. The van der Waals surface area contributed by atoms with E-state index in [2.05, 4.69) is 24.5 Å². The number of carbonyl (C=O) groups excluding carboxylic acids is 2. The predicted molar refractivity (Wildman–Crippen MR) is 91.2 cm³/mol. The van der Waals surface area contributed by atoms with Crippen molar-refractivity contribution in [3.8, 4) is 0 Å². The number of hydrogen-bond donors (Lipinski definition) is 2. The third-order valence-electron chi connectivity index (χ3n) is 4.93. The Kier molecular flexibility index (Phi) is 6.69. The largest absolute Gasteiger partial charge is 0.342 e. The number of amides is 3. The van der Waals surface area contributed by atoms with Crippen LogP contribution in [0.3, 0.4) is 0 Å². The van der Waals surface area contributed by atoms with E-state index in [-0.39, 0.29) is 17.9 Å². The summed E-state index contributed by atoms with van der Waals surface area (Å²) in [6, 6.07) is 0.508. The van der Waals surface area contributed by atoms with Gasteiger partial charge in [0.05, 0.1) is 5.92 Å². The summed E-state index contributed by atoms with van der Waals surface area (Å²) >= 11 is 0. The number of nitrogens with zero attached hydrogens (tertiary/aromatic N) is 2. The van der Waals surface area contributed by atoms with Crippen LogP contribution in [0.5, 0.6) is 0 Å². The monoisotopic (exact) mass is 324 g/mol. The molecular formula is C17H32N4O2. The number of urea groups is 1. The highest BCUT2D eigenvalue weighted by atomic mass is 16.2. The van der Waals surface area contributed by atoms with E-state index in [9.17, 15) is 9.59 Å². The summed E-state index contributed by atoms with van der Waals surface area (Å²) in [4.78, 5) is 28.7. The van der Waals surface area contributed by atoms with E-state index in [0.29, 0.717) is 25.0 Å². The molecule has 0 bridgehead atoms. The van der Waals surface area contributed by atoms with Crippen LogP contribution in [0.1, 0.15) is 39.5 Å². The summed E-state index contributed by atoms with van der Waals surface area (Å²) in [5.41, 5.74) is 0. The molecule has 6 heteroatoms. The zero-order chi connectivity index (χ0) is 16.8. The molecule has 2 rings (SSSR count). The lowest BCUT2D eigenvalue weighted by atomic mass is 9.95. The number of piperidine rings is 2. The van der Waals surface area contributed by atoms with Crippen molar-refractivity contribution in [2.24, 2.45) is 11.8 Å². The fourth-order valence-corrected chi connectivity index (χ4v) is 3.41. The third-order valence-corrected chi connectivity index (χ3v) is 4.93. The van der Waals surface area contributed by atoms with Crippen LogP contribution in [0, 0.1) is 11.8 Å². The van der Waals surface area contributed by atoms with E-state index in [4.69, 9.17) is 0 Å². The van der Waals surface area contributed by atoms with Gasteiger partial charge in [0, 0.05) is 38.8 Å². The second-order valence-electron chi connectivity index (χ2n) is 7.25. The number of rotatable bonds is 4. The van der Waals surface area contributed by atoms with Crippen LogP contribution in [0.4, 0.5) is 4.79 Å². The maximum absolute atomic E-state index is 12.7. The smallest absolute Gasteiger partial charge is 0.317 e. The Morgan fingerprint density at radius 1 is 1.09 bits per heavy atom. The van der Waals surface area contributed by atoms with E-state index < -0.39 is 0 Å². The van der Waals surface area contributed by atoms with Crippen molar-refractivity contribution in [2.45, 2.75) is 45.6 Å². The fraction of sp³-hybridized carbons (Fsp3) is 0.882. The van der Waals surface area contributed by atoms with Gasteiger partial charge in [-0.15, -0.1) is 0 Å². The lowest BCUT2D eigenvalue weighted by Crippen LogP contribution is -2.52. The molecule has 1 atom stereocenters. The maximum atomic E-state index is 12.7. The van der Waals surface area contributed by atoms with Gasteiger partial charge >= 0.3 is 6.03 Å².